The number of methoxy groups -OCH3 is 1. The molecule has 0 aliphatic carbocycles. The van der Waals surface area contributed by atoms with Crippen LogP contribution in [0.15, 0.2) is 36.4 Å². The van der Waals surface area contributed by atoms with E-state index < -0.39 is 5.91 Å². The van der Waals surface area contributed by atoms with Gasteiger partial charge >= 0.3 is 0 Å². The normalized spacial score (nSPS) is 21.5. The third-order valence-electron chi connectivity index (χ3n) is 6.93. The molecule has 2 heterocycles. The van der Waals surface area contributed by atoms with Crippen molar-refractivity contribution < 1.29 is 14.3 Å². The van der Waals surface area contributed by atoms with E-state index in [4.69, 9.17) is 27.9 Å². The number of anilines is 1. The van der Waals surface area contributed by atoms with Gasteiger partial charge < -0.3 is 20.3 Å². The number of hydrogen-bond donors (Lipinski definition) is 2. The number of hydrogen-bond acceptors (Lipinski definition) is 5. The van der Waals surface area contributed by atoms with Gasteiger partial charge in [0.1, 0.15) is 5.75 Å². The van der Waals surface area contributed by atoms with Gasteiger partial charge in [-0.1, -0.05) is 35.3 Å². The summed E-state index contributed by atoms with van der Waals surface area (Å²) in [5.41, 5.74) is 2.30. The van der Waals surface area contributed by atoms with E-state index in [1.807, 2.05) is 31.1 Å². The van der Waals surface area contributed by atoms with E-state index in [2.05, 4.69) is 27.7 Å². The summed E-state index contributed by atoms with van der Waals surface area (Å²) in [7, 11) is 5.22. The number of piperidine rings is 1. The highest BCUT2D eigenvalue weighted by Crippen LogP contribution is 2.37. The molecule has 2 N–H and O–H groups in total. The minimum absolute atomic E-state index is 0.102. The lowest BCUT2D eigenvalue weighted by Gasteiger charge is -2.39. The Kier molecular flexibility index (Phi) is 8.09. The molecule has 4 rings (SSSR count). The zero-order valence-corrected chi connectivity index (χ0v) is 21.8. The van der Waals surface area contributed by atoms with Crippen molar-refractivity contribution in [2.24, 2.45) is 0 Å². The fourth-order valence-electron chi connectivity index (χ4n) is 5.22. The lowest BCUT2D eigenvalue weighted by molar-refractivity contribution is -0.121. The van der Waals surface area contributed by atoms with Crippen LogP contribution in [-0.4, -0.2) is 62.6 Å². The summed E-state index contributed by atoms with van der Waals surface area (Å²) >= 11 is 12.3. The van der Waals surface area contributed by atoms with Crippen molar-refractivity contribution in [2.75, 3.05) is 32.6 Å². The van der Waals surface area contributed by atoms with Crippen LogP contribution in [0.2, 0.25) is 10.0 Å². The molecule has 2 saturated heterocycles. The molecule has 188 valence electrons. The number of benzene rings is 2. The van der Waals surface area contributed by atoms with Crippen LogP contribution in [-0.2, 0) is 11.3 Å². The molecule has 2 aromatic rings. The number of rotatable bonds is 8. The standard InChI is InChI=1S/C26H32Cl2N4O3/c1-31(2)23-13-24(35-3)21(12-22(23)28)26(34)29-14-25(33)30-18-10-19-8-9-20(11-18)32(19)15-16-4-6-17(27)7-5-16/h4-7,12-13,18-20H,8-11,14-15H2,1-3H3,(H,29,34)(H,30,33). The lowest BCUT2D eigenvalue weighted by Crippen LogP contribution is -2.51. The molecule has 2 bridgehead atoms. The molecule has 2 aliphatic heterocycles. The topological polar surface area (TPSA) is 73.9 Å². The van der Waals surface area contributed by atoms with Gasteiger partial charge in [0.05, 0.1) is 29.9 Å². The van der Waals surface area contributed by atoms with Gasteiger partial charge in [-0.15, -0.1) is 0 Å². The van der Waals surface area contributed by atoms with Crippen molar-refractivity contribution in [3.8, 4) is 5.75 Å². The maximum Gasteiger partial charge on any atom is 0.255 e. The molecule has 2 amide bonds. The monoisotopic (exact) mass is 518 g/mol. The lowest BCUT2D eigenvalue weighted by atomic mass is 9.96. The van der Waals surface area contributed by atoms with Gasteiger partial charge in [0.25, 0.3) is 5.91 Å². The van der Waals surface area contributed by atoms with Gasteiger partial charge in [0.15, 0.2) is 0 Å². The minimum Gasteiger partial charge on any atom is -0.496 e. The van der Waals surface area contributed by atoms with Gasteiger partial charge in [-0.3, -0.25) is 14.5 Å². The summed E-state index contributed by atoms with van der Waals surface area (Å²) in [6, 6.07) is 12.3. The second-order valence-electron chi connectivity index (χ2n) is 9.50. The third kappa shape index (κ3) is 6.02. The van der Waals surface area contributed by atoms with E-state index in [0.29, 0.717) is 28.4 Å². The first-order valence-electron chi connectivity index (χ1n) is 11.9. The van der Waals surface area contributed by atoms with Crippen molar-refractivity contribution >= 4 is 40.7 Å². The molecule has 0 spiro atoms. The summed E-state index contributed by atoms with van der Waals surface area (Å²) in [4.78, 5) is 29.8. The predicted molar refractivity (Wildman–Crippen MR) is 140 cm³/mol. The Balaban J connectivity index is 1.29. The predicted octanol–water partition coefficient (Wildman–Crippen LogP) is 4.11. The second-order valence-corrected chi connectivity index (χ2v) is 10.3. The van der Waals surface area contributed by atoms with E-state index >= 15 is 0 Å². The van der Waals surface area contributed by atoms with Gasteiger partial charge in [0, 0.05) is 49.9 Å². The Hall–Kier alpha value is -2.48. The van der Waals surface area contributed by atoms with Crippen molar-refractivity contribution in [3.63, 3.8) is 0 Å². The molecule has 9 heteroatoms. The average molecular weight is 519 g/mol. The number of carbonyl (C=O) groups excluding carboxylic acids is 2. The number of nitrogens with one attached hydrogen (secondary N) is 2. The molecule has 2 fully saturated rings. The van der Waals surface area contributed by atoms with Gasteiger partial charge in [-0.05, 0) is 49.4 Å². The van der Waals surface area contributed by atoms with E-state index in [9.17, 15) is 9.59 Å². The summed E-state index contributed by atoms with van der Waals surface area (Å²) < 4.78 is 5.37. The van der Waals surface area contributed by atoms with E-state index in [0.717, 1.165) is 42.9 Å². The molecule has 0 saturated carbocycles. The Morgan fingerprint density at radius 1 is 1.09 bits per heavy atom. The highest BCUT2D eigenvalue weighted by Gasteiger charge is 2.40. The fraction of sp³-hybridized carbons (Fsp3) is 0.462. The zero-order chi connectivity index (χ0) is 25.1. The summed E-state index contributed by atoms with van der Waals surface area (Å²) in [6.07, 6.45) is 4.12. The van der Waals surface area contributed by atoms with E-state index in [1.54, 1.807) is 12.1 Å². The van der Waals surface area contributed by atoms with Crippen molar-refractivity contribution in [2.45, 2.75) is 50.4 Å². The number of carbonyl (C=O) groups is 2. The SMILES string of the molecule is COc1cc(N(C)C)c(Cl)cc1C(=O)NCC(=O)NC1CC2CCC(C1)N2Cc1ccc(Cl)cc1. The summed E-state index contributed by atoms with van der Waals surface area (Å²) in [5.74, 6) is -0.188. The largest absolute Gasteiger partial charge is 0.496 e. The Morgan fingerprint density at radius 2 is 1.74 bits per heavy atom. The van der Waals surface area contributed by atoms with E-state index in [-0.39, 0.29) is 18.5 Å². The first-order chi connectivity index (χ1) is 16.7. The molecule has 0 radical (unpaired) electrons. The number of ether oxygens (including phenoxy) is 1. The number of fused-ring (bicyclic) bond motifs is 2. The number of halogens is 2. The molecule has 2 aliphatic rings. The van der Waals surface area contributed by atoms with Crippen LogP contribution in [0.4, 0.5) is 5.69 Å². The zero-order valence-electron chi connectivity index (χ0n) is 20.3. The Bertz CT molecular complexity index is 1060. The Morgan fingerprint density at radius 3 is 2.34 bits per heavy atom. The molecule has 2 atom stereocenters. The molecular formula is C26H32Cl2N4O3. The first-order valence-corrected chi connectivity index (χ1v) is 12.6. The smallest absolute Gasteiger partial charge is 0.255 e. The fourth-order valence-corrected chi connectivity index (χ4v) is 5.68. The molecule has 7 nitrogen and oxygen atoms in total. The van der Waals surface area contributed by atoms with Crippen LogP contribution in [0.25, 0.3) is 0 Å². The molecule has 35 heavy (non-hydrogen) atoms. The minimum atomic E-state index is -0.401. The first kappa shape index (κ1) is 25.6. The van der Waals surface area contributed by atoms with Crippen LogP contribution in [0.1, 0.15) is 41.6 Å². The van der Waals surface area contributed by atoms with Crippen LogP contribution in [0, 0.1) is 0 Å². The van der Waals surface area contributed by atoms with Crippen LogP contribution in [0.3, 0.4) is 0 Å². The van der Waals surface area contributed by atoms with Crippen LogP contribution >= 0.6 is 23.2 Å². The second kappa shape index (κ2) is 11.1. The molecular weight excluding hydrogens is 487 g/mol. The average Bonchev–Trinajstić information content (AvgIpc) is 3.05. The van der Waals surface area contributed by atoms with E-state index in [1.165, 1.54) is 12.7 Å². The number of nitrogens with zero attached hydrogens (tertiary/aromatic N) is 2. The third-order valence-corrected chi connectivity index (χ3v) is 7.49. The highest BCUT2D eigenvalue weighted by molar-refractivity contribution is 6.33. The summed E-state index contributed by atoms with van der Waals surface area (Å²) in [5, 5.41) is 7.00. The quantitative estimate of drug-likeness (QED) is 0.550. The maximum absolute atomic E-state index is 12.7. The number of amides is 2. The maximum atomic E-state index is 12.7. The Labute approximate surface area is 216 Å². The molecule has 2 unspecified atom stereocenters. The van der Waals surface area contributed by atoms with Crippen molar-refractivity contribution in [1.82, 2.24) is 15.5 Å². The molecule has 0 aromatic heterocycles. The van der Waals surface area contributed by atoms with Gasteiger partial charge in [0.2, 0.25) is 5.91 Å². The van der Waals surface area contributed by atoms with Crippen molar-refractivity contribution in [1.29, 1.82) is 0 Å². The summed E-state index contributed by atoms with van der Waals surface area (Å²) in [6.45, 7) is 0.801. The van der Waals surface area contributed by atoms with Gasteiger partial charge in [-0.25, -0.2) is 0 Å². The van der Waals surface area contributed by atoms with Crippen molar-refractivity contribution in [3.05, 3.63) is 57.6 Å². The molecule has 2 aromatic carbocycles. The highest BCUT2D eigenvalue weighted by atomic mass is 35.5. The van der Waals surface area contributed by atoms with Gasteiger partial charge in [-0.2, -0.15) is 0 Å². The van der Waals surface area contributed by atoms with Crippen LogP contribution < -0.4 is 20.3 Å². The van der Waals surface area contributed by atoms with Crippen LogP contribution in [0.5, 0.6) is 5.75 Å².